The van der Waals surface area contributed by atoms with Crippen molar-refractivity contribution in [2.45, 2.75) is 52.0 Å². The number of nitrogens with zero attached hydrogens (tertiary/aromatic N) is 3. The number of halogens is 2. The van der Waals surface area contributed by atoms with E-state index in [1.54, 1.807) is 0 Å². The minimum atomic E-state index is -0.0198. The maximum atomic E-state index is 12.5. The number of nitrogens with one attached hydrogen (secondary N) is 1. The number of hydrogen-bond acceptors (Lipinski definition) is 4. The van der Waals surface area contributed by atoms with Gasteiger partial charge >= 0.3 is 0 Å². The van der Waals surface area contributed by atoms with Crippen LogP contribution in [0.1, 0.15) is 42.6 Å². The van der Waals surface area contributed by atoms with E-state index >= 15 is 0 Å². The number of carbonyl (C=O) groups excluding carboxylic acids is 1. The summed E-state index contributed by atoms with van der Waals surface area (Å²) in [5.41, 5.74) is 10.5. The average molecular weight is 462 g/mol. The van der Waals surface area contributed by atoms with E-state index in [9.17, 15) is 4.79 Å². The molecule has 1 amide bonds. The molecule has 0 bridgehead atoms. The lowest BCUT2D eigenvalue weighted by Crippen LogP contribution is -2.14. The maximum Gasteiger partial charge on any atom is 0.224 e. The second kappa shape index (κ2) is 11.2. The highest BCUT2D eigenvalue weighted by Crippen LogP contribution is 2.27. The summed E-state index contributed by atoms with van der Waals surface area (Å²) >= 11 is 0. The van der Waals surface area contributed by atoms with Crippen molar-refractivity contribution in [2.75, 3.05) is 11.1 Å². The smallest absolute Gasteiger partial charge is 0.224 e. The number of benzene rings is 2. The van der Waals surface area contributed by atoms with Crippen LogP contribution in [-0.4, -0.2) is 20.7 Å². The Bertz CT molecular complexity index is 1030. The van der Waals surface area contributed by atoms with Crippen molar-refractivity contribution >= 4 is 42.1 Å². The summed E-state index contributed by atoms with van der Waals surface area (Å²) in [4.78, 5) is 12.5. The fourth-order valence-electron chi connectivity index (χ4n) is 3.82. The molecule has 0 unspecified atom stereocenters. The fourth-order valence-corrected chi connectivity index (χ4v) is 3.82. The number of fused-ring (bicyclic) bond motifs is 1. The van der Waals surface area contributed by atoms with Gasteiger partial charge in [0.15, 0.2) is 5.82 Å². The lowest BCUT2D eigenvalue weighted by Gasteiger charge is -2.12. The van der Waals surface area contributed by atoms with Gasteiger partial charge in [-0.2, -0.15) is 0 Å². The molecule has 6 nitrogen and oxygen atoms in total. The number of carbonyl (C=O) groups is 1. The molecule has 2 aromatic carbocycles. The summed E-state index contributed by atoms with van der Waals surface area (Å²) in [6.07, 6.45) is 5.53. The minimum absolute atomic E-state index is 0. The highest BCUT2D eigenvalue weighted by atomic mass is 35.5. The van der Waals surface area contributed by atoms with Crippen LogP contribution in [0.2, 0.25) is 0 Å². The van der Waals surface area contributed by atoms with Crippen LogP contribution in [0.5, 0.6) is 0 Å². The van der Waals surface area contributed by atoms with Crippen LogP contribution < -0.4 is 11.1 Å². The van der Waals surface area contributed by atoms with Gasteiger partial charge in [-0.05, 0) is 49.4 Å². The van der Waals surface area contributed by atoms with Gasteiger partial charge in [0, 0.05) is 36.3 Å². The van der Waals surface area contributed by atoms with Crippen LogP contribution in [-0.2, 0) is 24.2 Å². The Balaban J connectivity index is 0.00000171. The molecule has 4 rings (SSSR count). The highest BCUT2D eigenvalue weighted by molar-refractivity contribution is 5.92. The molecule has 0 spiro atoms. The summed E-state index contributed by atoms with van der Waals surface area (Å²) in [6, 6.07) is 13.8. The topological polar surface area (TPSA) is 85.8 Å². The first-order valence-electron chi connectivity index (χ1n) is 10.3. The van der Waals surface area contributed by atoms with Crippen LogP contribution >= 0.6 is 24.8 Å². The molecule has 0 fully saturated rings. The Hall–Kier alpha value is -2.57. The number of anilines is 2. The Morgan fingerprint density at radius 3 is 2.71 bits per heavy atom. The van der Waals surface area contributed by atoms with Gasteiger partial charge in [-0.1, -0.05) is 36.8 Å². The molecule has 0 saturated carbocycles. The summed E-state index contributed by atoms with van der Waals surface area (Å²) in [5.74, 6) is 1.92. The zero-order chi connectivity index (χ0) is 20.2. The molecule has 8 heteroatoms. The molecule has 0 radical (unpaired) electrons. The van der Waals surface area contributed by atoms with Crippen LogP contribution in [0, 0.1) is 6.92 Å². The number of nitrogen functional groups attached to an aromatic ring is 1. The number of para-hydroxylation sites is 1. The predicted octanol–water partition coefficient (Wildman–Crippen LogP) is 4.98. The zero-order valence-electron chi connectivity index (χ0n) is 17.6. The van der Waals surface area contributed by atoms with Gasteiger partial charge in [-0.25, -0.2) is 0 Å². The standard InChI is InChI=1S/C23H27N5O.2ClH/c1-16-10-11-18(23-27-26-21-9-3-2-6-14-28(21)23)15-20(16)25-22(29)13-12-17-7-4-5-8-19(17)24;;/h4-5,7-8,10-11,15H,2-3,6,9,12-14,24H2,1H3,(H,25,29);2*1H. The molecular weight excluding hydrogens is 433 g/mol. The molecule has 0 saturated heterocycles. The van der Waals surface area contributed by atoms with Gasteiger partial charge in [0.2, 0.25) is 5.91 Å². The second-order valence-electron chi connectivity index (χ2n) is 7.68. The lowest BCUT2D eigenvalue weighted by atomic mass is 10.1. The number of aryl methyl sites for hydroxylation is 3. The van der Waals surface area contributed by atoms with Crippen LogP contribution in [0.4, 0.5) is 11.4 Å². The molecule has 1 aliphatic rings. The van der Waals surface area contributed by atoms with E-state index in [0.29, 0.717) is 12.8 Å². The molecular formula is C23H29Cl2N5O. The lowest BCUT2D eigenvalue weighted by molar-refractivity contribution is -0.116. The van der Waals surface area contributed by atoms with Crippen molar-refractivity contribution in [3.8, 4) is 11.4 Å². The largest absolute Gasteiger partial charge is 0.399 e. The summed E-state index contributed by atoms with van der Waals surface area (Å²) in [5, 5.41) is 11.9. The van der Waals surface area contributed by atoms with Gasteiger partial charge in [0.05, 0.1) is 0 Å². The normalized spacial score (nSPS) is 12.7. The van der Waals surface area contributed by atoms with Gasteiger partial charge in [-0.15, -0.1) is 35.0 Å². The molecule has 1 aliphatic heterocycles. The molecule has 3 aromatic rings. The second-order valence-corrected chi connectivity index (χ2v) is 7.68. The SMILES string of the molecule is Cc1ccc(-c2nnc3n2CCCCC3)cc1NC(=O)CCc1ccccc1N.Cl.Cl. The van der Waals surface area contributed by atoms with E-state index in [1.165, 1.54) is 12.8 Å². The number of rotatable bonds is 5. The third-order valence-electron chi connectivity index (χ3n) is 5.56. The van der Waals surface area contributed by atoms with Crippen molar-refractivity contribution in [3.05, 3.63) is 59.4 Å². The number of aromatic nitrogens is 3. The third kappa shape index (κ3) is 5.77. The van der Waals surface area contributed by atoms with E-state index in [0.717, 1.165) is 59.1 Å². The van der Waals surface area contributed by atoms with E-state index in [2.05, 4.69) is 26.1 Å². The molecule has 31 heavy (non-hydrogen) atoms. The fraction of sp³-hybridized carbons (Fsp3) is 0.348. The highest BCUT2D eigenvalue weighted by Gasteiger charge is 2.17. The van der Waals surface area contributed by atoms with Crippen molar-refractivity contribution in [3.63, 3.8) is 0 Å². The van der Waals surface area contributed by atoms with Gasteiger partial charge < -0.3 is 15.6 Å². The number of hydrogen-bond donors (Lipinski definition) is 2. The molecule has 166 valence electrons. The van der Waals surface area contributed by atoms with E-state index in [-0.39, 0.29) is 30.7 Å². The number of nitrogens with two attached hydrogens (primary N) is 1. The van der Waals surface area contributed by atoms with Crippen molar-refractivity contribution < 1.29 is 4.79 Å². The Morgan fingerprint density at radius 2 is 1.90 bits per heavy atom. The quantitative estimate of drug-likeness (QED) is 0.524. The predicted molar refractivity (Wildman–Crippen MR) is 130 cm³/mol. The van der Waals surface area contributed by atoms with E-state index in [4.69, 9.17) is 5.73 Å². The Kier molecular flexibility index (Phi) is 8.89. The molecule has 1 aromatic heterocycles. The van der Waals surface area contributed by atoms with Crippen molar-refractivity contribution in [1.82, 2.24) is 14.8 Å². The number of amides is 1. The first-order valence-corrected chi connectivity index (χ1v) is 10.3. The average Bonchev–Trinajstić information content (AvgIpc) is 2.97. The molecule has 2 heterocycles. The molecule has 0 aliphatic carbocycles. The first-order chi connectivity index (χ1) is 14.1. The van der Waals surface area contributed by atoms with E-state index < -0.39 is 0 Å². The third-order valence-corrected chi connectivity index (χ3v) is 5.56. The molecule has 3 N–H and O–H groups in total. The van der Waals surface area contributed by atoms with Gasteiger partial charge in [-0.3, -0.25) is 4.79 Å². The Labute approximate surface area is 195 Å². The first kappa shape index (κ1) is 24.7. The summed E-state index contributed by atoms with van der Waals surface area (Å²) < 4.78 is 2.22. The monoisotopic (exact) mass is 461 g/mol. The zero-order valence-corrected chi connectivity index (χ0v) is 19.3. The van der Waals surface area contributed by atoms with Crippen LogP contribution in [0.25, 0.3) is 11.4 Å². The van der Waals surface area contributed by atoms with Crippen molar-refractivity contribution in [1.29, 1.82) is 0 Å². The van der Waals surface area contributed by atoms with E-state index in [1.807, 2.05) is 43.3 Å². The Morgan fingerprint density at radius 1 is 1.10 bits per heavy atom. The maximum absolute atomic E-state index is 12.5. The summed E-state index contributed by atoms with van der Waals surface area (Å²) in [6.45, 7) is 2.95. The van der Waals surface area contributed by atoms with Crippen LogP contribution in [0.15, 0.2) is 42.5 Å². The summed E-state index contributed by atoms with van der Waals surface area (Å²) in [7, 11) is 0. The van der Waals surface area contributed by atoms with Crippen molar-refractivity contribution in [2.24, 2.45) is 0 Å². The van der Waals surface area contributed by atoms with Gasteiger partial charge in [0.1, 0.15) is 5.82 Å². The minimum Gasteiger partial charge on any atom is -0.399 e. The van der Waals surface area contributed by atoms with Crippen LogP contribution in [0.3, 0.4) is 0 Å². The molecule has 0 atom stereocenters. The van der Waals surface area contributed by atoms with Gasteiger partial charge in [0.25, 0.3) is 0 Å².